The molecule has 3 rings (SSSR count). The van der Waals surface area contributed by atoms with Crippen molar-refractivity contribution >= 4 is 0 Å². The van der Waals surface area contributed by atoms with Crippen LogP contribution in [0.1, 0.15) is 11.1 Å². The predicted molar refractivity (Wildman–Crippen MR) is 75.7 cm³/mol. The summed E-state index contributed by atoms with van der Waals surface area (Å²) in [6.07, 6.45) is 3.17. The summed E-state index contributed by atoms with van der Waals surface area (Å²) < 4.78 is 1.74. The fourth-order valence-electron chi connectivity index (χ4n) is 2.15. The molecule has 0 amide bonds. The summed E-state index contributed by atoms with van der Waals surface area (Å²) in [5.41, 5.74) is 3.83. The van der Waals surface area contributed by atoms with Gasteiger partial charge in [-0.05, 0) is 34.9 Å². The van der Waals surface area contributed by atoms with Crippen molar-refractivity contribution in [2.24, 2.45) is 0 Å². The van der Waals surface area contributed by atoms with E-state index in [-0.39, 0.29) is 0 Å². The summed E-state index contributed by atoms with van der Waals surface area (Å²) in [6.45, 7) is 0.607. The van der Waals surface area contributed by atoms with E-state index < -0.39 is 0 Å². The largest absolute Gasteiger partial charge is 0.249 e. The van der Waals surface area contributed by atoms with Gasteiger partial charge in [0.15, 0.2) is 0 Å². The minimum absolute atomic E-state index is 0.607. The van der Waals surface area contributed by atoms with Gasteiger partial charge in [0.2, 0.25) is 0 Å². The number of aromatic nitrogens is 3. The van der Waals surface area contributed by atoms with Crippen molar-refractivity contribution in [3.05, 3.63) is 72.3 Å². The van der Waals surface area contributed by atoms with Crippen LogP contribution in [0.4, 0.5) is 0 Å². The Labute approximate surface area is 116 Å². The number of benzene rings is 2. The van der Waals surface area contributed by atoms with Gasteiger partial charge in [0, 0.05) is 0 Å². The maximum absolute atomic E-state index is 9.17. The molecule has 0 aliphatic rings. The first-order valence-electron chi connectivity index (χ1n) is 6.27. The highest BCUT2D eigenvalue weighted by Gasteiger charge is 2.04. The molecule has 2 aromatic carbocycles. The van der Waals surface area contributed by atoms with E-state index in [0.717, 1.165) is 16.7 Å². The van der Waals surface area contributed by atoms with E-state index in [4.69, 9.17) is 0 Å². The molecule has 0 unspecified atom stereocenters. The molecule has 0 bridgehead atoms. The average molecular weight is 260 g/mol. The number of nitriles is 1. The van der Waals surface area contributed by atoms with Crippen molar-refractivity contribution in [3.63, 3.8) is 0 Å². The summed E-state index contributed by atoms with van der Waals surface area (Å²) in [5, 5.41) is 13.3. The van der Waals surface area contributed by atoms with Crippen LogP contribution in [0.5, 0.6) is 0 Å². The third-order valence-corrected chi connectivity index (χ3v) is 3.04. The first-order valence-corrected chi connectivity index (χ1v) is 6.27. The lowest BCUT2D eigenvalue weighted by Crippen LogP contribution is -2.00. The maximum atomic E-state index is 9.17. The van der Waals surface area contributed by atoms with Crippen LogP contribution in [-0.2, 0) is 6.54 Å². The van der Waals surface area contributed by atoms with Crippen LogP contribution in [0, 0.1) is 11.3 Å². The third kappa shape index (κ3) is 2.57. The molecule has 20 heavy (non-hydrogen) atoms. The van der Waals surface area contributed by atoms with Crippen LogP contribution < -0.4 is 0 Å². The predicted octanol–water partition coefficient (Wildman–Crippen LogP) is 2.87. The lowest BCUT2D eigenvalue weighted by molar-refractivity contribution is 0.685. The van der Waals surface area contributed by atoms with Gasteiger partial charge in [0.05, 0.1) is 18.2 Å². The summed E-state index contributed by atoms with van der Waals surface area (Å²) in [4.78, 5) is 3.93. The molecule has 0 saturated carbocycles. The second-order valence-corrected chi connectivity index (χ2v) is 4.49. The Balaban J connectivity index is 2.01. The fraction of sp³-hybridized carbons (Fsp3) is 0.0625. The van der Waals surface area contributed by atoms with Crippen molar-refractivity contribution in [1.82, 2.24) is 14.8 Å². The first-order chi connectivity index (χ1) is 9.85. The molecule has 0 radical (unpaired) electrons. The highest BCUT2D eigenvalue weighted by atomic mass is 15.3. The van der Waals surface area contributed by atoms with E-state index in [1.165, 1.54) is 6.33 Å². The van der Waals surface area contributed by atoms with Gasteiger partial charge in [-0.15, -0.1) is 0 Å². The lowest BCUT2D eigenvalue weighted by atomic mass is 10.00. The summed E-state index contributed by atoms with van der Waals surface area (Å²) >= 11 is 0. The van der Waals surface area contributed by atoms with Crippen molar-refractivity contribution in [3.8, 4) is 17.2 Å². The van der Waals surface area contributed by atoms with Crippen LogP contribution in [0.15, 0.2) is 61.2 Å². The van der Waals surface area contributed by atoms with E-state index in [1.807, 2.05) is 42.5 Å². The molecule has 0 N–H and O–H groups in total. The molecular weight excluding hydrogens is 248 g/mol. The number of rotatable bonds is 3. The zero-order valence-electron chi connectivity index (χ0n) is 10.8. The molecule has 1 heterocycles. The first kappa shape index (κ1) is 12.1. The summed E-state index contributed by atoms with van der Waals surface area (Å²) in [5.74, 6) is 0. The van der Waals surface area contributed by atoms with E-state index in [9.17, 15) is 5.26 Å². The Bertz CT molecular complexity index is 740. The molecular formula is C16H12N4. The van der Waals surface area contributed by atoms with Gasteiger partial charge in [-0.3, -0.25) is 0 Å². The summed E-state index contributed by atoms with van der Waals surface area (Å²) in [6, 6.07) is 18.1. The summed E-state index contributed by atoms with van der Waals surface area (Å²) in [7, 11) is 0. The van der Waals surface area contributed by atoms with Gasteiger partial charge in [-0.2, -0.15) is 10.4 Å². The van der Waals surface area contributed by atoms with Gasteiger partial charge < -0.3 is 0 Å². The second kappa shape index (κ2) is 5.37. The quantitative estimate of drug-likeness (QED) is 0.727. The van der Waals surface area contributed by atoms with Crippen molar-refractivity contribution in [2.45, 2.75) is 6.54 Å². The highest BCUT2D eigenvalue weighted by Crippen LogP contribution is 2.22. The topological polar surface area (TPSA) is 54.5 Å². The molecule has 0 saturated heterocycles. The Morgan fingerprint density at radius 1 is 1.05 bits per heavy atom. The second-order valence-electron chi connectivity index (χ2n) is 4.49. The smallest absolute Gasteiger partial charge is 0.137 e. The van der Waals surface area contributed by atoms with Gasteiger partial charge in [0.25, 0.3) is 0 Å². The average Bonchev–Trinajstić information content (AvgIpc) is 3.00. The van der Waals surface area contributed by atoms with Crippen molar-refractivity contribution in [1.29, 1.82) is 5.26 Å². The molecule has 0 fully saturated rings. The molecule has 4 nitrogen and oxygen atoms in total. The zero-order valence-corrected chi connectivity index (χ0v) is 10.8. The zero-order chi connectivity index (χ0) is 13.8. The molecule has 4 heteroatoms. The molecule has 0 aliphatic heterocycles. The van der Waals surface area contributed by atoms with Gasteiger partial charge >= 0.3 is 0 Å². The van der Waals surface area contributed by atoms with Crippen molar-refractivity contribution < 1.29 is 0 Å². The van der Waals surface area contributed by atoms with Crippen molar-refractivity contribution in [2.75, 3.05) is 0 Å². The molecule has 96 valence electrons. The van der Waals surface area contributed by atoms with Crippen LogP contribution in [0.2, 0.25) is 0 Å². The normalized spacial score (nSPS) is 10.2. The van der Waals surface area contributed by atoms with E-state index in [1.54, 1.807) is 11.0 Å². The van der Waals surface area contributed by atoms with Crippen LogP contribution in [-0.4, -0.2) is 14.8 Å². The monoisotopic (exact) mass is 260 g/mol. The minimum atomic E-state index is 0.607. The molecule has 3 aromatic rings. The Morgan fingerprint density at radius 3 is 2.60 bits per heavy atom. The molecule has 0 aliphatic carbocycles. The molecule has 0 spiro atoms. The van der Waals surface area contributed by atoms with Crippen LogP contribution in [0.3, 0.4) is 0 Å². The maximum Gasteiger partial charge on any atom is 0.137 e. The highest BCUT2D eigenvalue weighted by molar-refractivity contribution is 5.66. The Morgan fingerprint density at radius 2 is 1.90 bits per heavy atom. The third-order valence-electron chi connectivity index (χ3n) is 3.04. The fourth-order valence-corrected chi connectivity index (χ4v) is 2.15. The SMILES string of the molecule is N#Cc1cc(Cn2cncn2)cc(-c2ccccc2)c1. The molecule has 1 aromatic heterocycles. The van der Waals surface area contributed by atoms with E-state index in [0.29, 0.717) is 12.1 Å². The minimum Gasteiger partial charge on any atom is -0.249 e. The van der Waals surface area contributed by atoms with Crippen LogP contribution in [0.25, 0.3) is 11.1 Å². The van der Waals surface area contributed by atoms with Gasteiger partial charge in [-0.25, -0.2) is 9.67 Å². The number of hydrogen-bond donors (Lipinski definition) is 0. The van der Waals surface area contributed by atoms with E-state index in [2.05, 4.69) is 22.2 Å². The van der Waals surface area contributed by atoms with Crippen LogP contribution >= 0.6 is 0 Å². The standard InChI is InChI=1S/C16H12N4/c17-9-13-6-14(10-20-12-18-11-19-20)8-16(7-13)15-4-2-1-3-5-15/h1-8,11-12H,10H2. The Kier molecular flexibility index (Phi) is 3.25. The lowest BCUT2D eigenvalue weighted by Gasteiger charge is -2.07. The van der Waals surface area contributed by atoms with Gasteiger partial charge in [0.1, 0.15) is 12.7 Å². The number of hydrogen-bond acceptors (Lipinski definition) is 3. The Hall–Kier alpha value is -2.93. The van der Waals surface area contributed by atoms with E-state index >= 15 is 0 Å². The number of nitrogens with zero attached hydrogens (tertiary/aromatic N) is 4. The van der Waals surface area contributed by atoms with Gasteiger partial charge in [-0.1, -0.05) is 30.3 Å². The molecule has 0 atom stereocenters.